The number of carbonyl (C=O) groups excluding carboxylic acids is 1. The van der Waals surface area contributed by atoms with Gasteiger partial charge in [0.15, 0.2) is 6.61 Å². The molecule has 128 valence electrons. The zero-order valence-electron chi connectivity index (χ0n) is 14.5. The summed E-state index contributed by atoms with van der Waals surface area (Å²) in [6.07, 6.45) is 0.982. The number of nitrogens with one attached hydrogen (secondary N) is 1. The second kappa shape index (κ2) is 8.96. The maximum absolute atomic E-state index is 12.0. The molecule has 4 heteroatoms. The van der Waals surface area contributed by atoms with E-state index in [1.165, 1.54) is 5.56 Å². The van der Waals surface area contributed by atoms with Gasteiger partial charge in [-0.2, -0.15) is 0 Å². The second-order valence-corrected chi connectivity index (χ2v) is 6.07. The predicted molar refractivity (Wildman–Crippen MR) is 96.7 cm³/mol. The zero-order chi connectivity index (χ0) is 17.4. The molecular formula is C20H25NO3. The first-order valence-corrected chi connectivity index (χ1v) is 8.31. The summed E-state index contributed by atoms with van der Waals surface area (Å²) >= 11 is 0. The minimum absolute atomic E-state index is 0.0252. The molecule has 0 aliphatic carbocycles. The number of aryl methyl sites for hydroxylation is 1. The Balaban J connectivity index is 1.84. The maximum Gasteiger partial charge on any atom is 0.262 e. The normalized spacial score (nSPS) is 10.5. The number of rotatable bonds is 8. The number of hydrogen-bond acceptors (Lipinski definition) is 3. The highest BCUT2D eigenvalue weighted by Crippen LogP contribution is 2.18. The summed E-state index contributed by atoms with van der Waals surface area (Å²) in [5.74, 6) is 1.69. The van der Waals surface area contributed by atoms with E-state index in [2.05, 4.69) is 26.1 Å². The van der Waals surface area contributed by atoms with Gasteiger partial charge in [-0.3, -0.25) is 4.79 Å². The minimum atomic E-state index is -0.199. The van der Waals surface area contributed by atoms with Crippen molar-refractivity contribution in [3.63, 3.8) is 0 Å². The third-order valence-corrected chi connectivity index (χ3v) is 3.40. The fraction of sp³-hybridized carbons (Fsp3) is 0.350. The van der Waals surface area contributed by atoms with Crippen LogP contribution in [0.4, 0.5) is 5.69 Å². The van der Waals surface area contributed by atoms with E-state index in [1.54, 1.807) is 0 Å². The zero-order valence-corrected chi connectivity index (χ0v) is 14.5. The van der Waals surface area contributed by atoms with Gasteiger partial charge in [-0.15, -0.1) is 0 Å². The molecule has 2 rings (SSSR count). The summed E-state index contributed by atoms with van der Waals surface area (Å²) in [7, 11) is 0. The van der Waals surface area contributed by atoms with E-state index in [-0.39, 0.29) is 12.5 Å². The topological polar surface area (TPSA) is 47.6 Å². The van der Waals surface area contributed by atoms with E-state index in [0.717, 1.165) is 12.2 Å². The van der Waals surface area contributed by atoms with Crippen LogP contribution < -0.4 is 14.8 Å². The van der Waals surface area contributed by atoms with Gasteiger partial charge in [-0.1, -0.05) is 39.0 Å². The lowest BCUT2D eigenvalue weighted by Gasteiger charge is -2.11. The Morgan fingerprint density at radius 3 is 2.46 bits per heavy atom. The van der Waals surface area contributed by atoms with Crippen molar-refractivity contribution in [2.24, 2.45) is 5.92 Å². The van der Waals surface area contributed by atoms with Crippen LogP contribution in [0.15, 0.2) is 48.5 Å². The number of benzene rings is 2. The molecule has 0 aliphatic heterocycles. The van der Waals surface area contributed by atoms with Crippen LogP contribution in [-0.2, 0) is 11.2 Å². The van der Waals surface area contributed by atoms with Gasteiger partial charge >= 0.3 is 0 Å². The summed E-state index contributed by atoms with van der Waals surface area (Å²) in [6.45, 7) is 6.91. The molecule has 0 heterocycles. The number of carbonyl (C=O) groups is 1. The van der Waals surface area contributed by atoms with Crippen LogP contribution in [0.1, 0.15) is 26.3 Å². The Morgan fingerprint density at radius 1 is 1.04 bits per heavy atom. The molecule has 0 spiro atoms. The monoisotopic (exact) mass is 327 g/mol. The van der Waals surface area contributed by atoms with E-state index in [1.807, 2.05) is 48.5 Å². The standard InChI is InChI=1S/C20H25NO3/c1-4-16-8-10-18(11-9-16)24-14-20(22)21-17-6-5-7-19(12-17)23-13-15(2)3/h5-12,15H,4,13-14H2,1-3H3,(H,21,22). The van der Waals surface area contributed by atoms with Crippen LogP contribution in [0.3, 0.4) is 0 Å². The van der Waals surface area contributed by atoms with Crippen LogP contribution in [0.5, 0.6) is 11.5 Å². The molecular weight excluding hydrogens is 302 g/mol. The first kappa shape index (κ1) is 17.9. The molecule has 2 aromatic carbocycles. The van der Waals surface area contributed by atoms with E-state index in [0.29, 0.717) is 24.0 Å². The summed E-state index contributed by atoms with van der Waals surface area (Å²) in [5.41, 5.74) is 1.94. The molecule has 0 saturated heterocycles. The molecule has 0 aliphatic rings. The van der Waals surface area contributed by atoms with Gasteiger partial charge in [0, 0.05) is 11.8 Å². The summed E-state index contributed by atoms with van der Waals surface area (Å²) in [5, 5.41) is 2.82. The van der Waals surface area contributed by atoms with Crippen molar-refractivity contribution in [2.45, 2.75) is 27.2 Å². The van der Waals surface area contributed by atoms with E-state index in [4.69, 9.17) is 9.47 Å². The largest absolute Gasteiger partial charge is 0.493 e. The lowest BCUT2D eigenvalue weighted by molar-refractivity contribution is -0.118. The minimum Gasteiger partial charge on any atom is -0.493 e. The van der Waals surface area contributed by atoms with E-state index >= 15 is 0 Å². The molecule has 4 nitrogen and oxygen atoms in total. The van der Waals surface area contributed by atoms with Crippen molar-refractivity contribution < 1.29 is 14.3 Å². The van der Waals surface area contributed by atoms with Gasteiger partial charge in [0.25, 0.3) is 5.91 Å². The third kappa shape index (κ3) is 5.95. The van der Waals surface area contributed by atoms with Crippen LogP contribution >= 0.6 is 0 Å². The number of amides is 1. The van der Waals surface area contributed by atoms with Crippen molar-refractivity contribution in [3.05, 3.63) is 54.1 Å². The molecule has 1 amide bonds. The smallest absolute Gasteiger partial charge is 0.262 e. The quantitative estimate of drug-likeness (QED) is 0.786. The van der Waals surface area contributed by atoms with Gasteiger partial charge in [-0.25, -0.2) is 0 Å². The predicted octanol–water partition coefficient (Wildman–Crippen LogP) is 4.30. The number of ether oxygens (including phenoxy) is 2. The molecule has 0 aromatic heterocycles. The summed E-state index contributed by atoms with van der Waals surface area (Å²) in [6, 6.07) is 15.1. The lowest BCUT2D eigenvalue weighted by Crippen LogP contribution is -2.20. The fourth-order valence-electron chi connectivity index (χ4n) is 2.09. The van der Waals surface area contributed by atoms with Crippen LogP contribution in [0.25, 0.3) is 0 Å². The Bertz CT molecular complexity index is 650. The molecule has 0 fully saturated rings. The lowest BCUT2D eigenvalue weighted by atomic mass is 10.2. The van der Waals surface area contributed by atoms with Gasteiger partial charge in [0.1, 0.15) is 11.5 Å². The van der Waals surface area contributed by atoms with Gasteiger partial charge in [-0.05, 0) is 42.2 Å². The first-order chi connectivity index (χ1) is 11.6. The molecule has 0 atom stereocenters. The van der Waals surface area contributed by atoms with Crippen molar-refractivity contribution in [1.29, 1.82) is 0 Å². The van der Waals surface area contributed by atoms with E-state index in [9.17, 15) is 4.79 Å². The molecule has 1 N–H and O–H groups in total. The van der Waals surface area contributed by atoms with Gasteiger partial charge < -0.3 is 14.8 Å². The molecule has 0 saturated carbocycles. The van der Waals surface area contributed by atoms with Crippen LogP contribution in [0.2, 0.25) is 0 Å². The Labute approximate surface area is 143 Å². The highest BCUT2D eigenvalue weighted by Gasteiger charge is 2.05. The Morgan fingerprint density at radius 2 is 1.79 bits per heavy atom. The highest BCUT2D eigenvalue weighted by molar-refractivity contribution is 5.92. The van der Waals surface area contributed by atoms with E-state index < -0.39 is 0 Å². The van der Waals surface area contributed by atoms with Crippen molar-refractivity contribution in [2.75, 3.05) is 18.5 Å². The average molecular weight is 327 g/mol. The molecule has 0 unspecified atom stereocenters. The summed E-state index contributed by atoms with van der Waals surface area (Å²) in [4.78, 5) is 12.0. The van der Waals surface area contributed by atoms with Crippen molar-refractivity contribution >= 4 is 11.6 Å². The van der Waals surface area contributed by atoms with Gasteiger partial charge in [0.2, 0.25) is 0 Å². The number of anilines is 1. The fourth-order valence-corrected chi connectivity index (χ4v) is 2.09. The Kier molecular flexibility index (Phi) is 6.67. The molecule has 24 heavy (non-hydrogen) atoms. The van der Waals surface area contributed by atoms with Crippen molar-refractivity contribution in [1.82, 2.24) is 0 Å². The molecule has 0 bridgehead atoms. The number of hydrogen-bond donors (Lipinski definition) is 1. The van der Waals surface area contributed by atoms with Crippen LogP contribution in [-0.4, -0.2) is 19.1 Å². The Hall–Kier alpha value is -2.49. The molecule has 2 aromatic rings. The van der Waals surface area contributed by atoms with Crippen LogP contribution in [0, 0.1) is 5.92 Å². The first-order valence-electron chi connectivity index (χ1n) is 8.31. The summed E-state index contributed by atoms with van der Waals surface area (Å²) < 4.78 is 11.2. The second-order valence-electron chi connectivity index (χ2n) is 6.07. The third-order valence-electron chi connectivity index (χ3n) is 3.40. The van der Waals surface area contributed by atoms with Gasteiger partial charge in [0.05, 0.1) is 6.61 Å². The average Bonchev–Trinajstić information content (AvgIpc) is 2.59. The molecule has 0 radical (unpaired) electrons. The highest BCUT2D eigenvalue weighted by atomic mass is 16.5. The maximum atomic E-state index is 12.0. The SMILES string of the molecule is CCc1ccc(OCC(=O)Nc2cccc(OCC(C)C)c2)cc1. The van der Waals surface area contributed by atoms with Crippen molar-refractivity contribution in [3.8, 4) is 11.5 Å².